The number of esters is 1. The molecule has 9 nitrogen and oxygen atoms in total. The van der Waals surface area contributed by atoms with Crippen LogP contribution in [0.3, 0.4) is 0 Å². The maximum Gasteiger partial charge on any atom is 0.328 e. The Bertz CT molecular complexity index is 1120. The first-order valence-electron chi connectivity index (χ1n) is 20.3. The van der Waals surface area contributed by atoms with Gasteiger partial charge in [-0.3, -0.25) is 14.4 Å². The van der Waals surface area contributed by atoms with Gasteiger partial charge in [0.15, 0.2) is 0 Å². The van der Waals surface area contributed by atoms with Crippen molar-refractivity contribution < 1.29 is 34.1 Å². The van der Waals surface area contributed by atoms with Crippen molar-refractivity contribution in [3.05, 3.63) is 72.9 Å². The molecule has 0 aromatic carbocycles. The van der Waals surface area contributed by atoms with Gasteiger partial charge in [0.25, 0.3) is 0 Å². The summed E-state index contributed by atoms with van der Waals surface area (Å²) in [6, 6.07) is -1.39. The zero-order chi connectivity index (χ0) is 39.0. The van der Waals surface area contributed by atoms with Crippen molar-refractivity contribution >= 4 is 23.8 Å². The van der Waals surface area contributed by atoms with Crippen molar-refractivity contribution in [2.75, 3.05) is 13.2 Å². The molecule has 0 spiro atoms. The van der Waals surface area contributed by atoms with Gasteiger partial charge in [0, 0.05) is 12.8 Å². The Hall–Kier alpha value is -3.72. The van der Waals surface area contributed by atoms with E-state index in [0.29, 0.717) is 12.8 Å². The summed E-state index contributed by atoms with van der Waals surface area (Å²) in [5.41, 5.74) is 0. The quantitative estimate of drug-likeness (QED) is 0.0288. The minimum atomic E-state index is -1.39. The fraction of sp³-hybridized carbons (Fsp3) is 0.636. The number of carboxylic acids is 1. The largest absolute Gasteiger partial charge is 0.480 e. The van der Waals surface area contributed by atoms with Crippen molar-refractivity contribution in [2.45, 2.75) is 167 Å². The average molecular weight is 741 g/mol. The molecular formula is C44H72N2O7. The van der Waals surface area contributed by atoms with E-state index in [-0.39, 0.29) is 30.9 Å². The van der Waals surface area contributed by atoms with Crippen molar-refractivity contribution in [2.24, 2.45) is 0 Å². The normalized spacial score (nSPS) is 13.3. The molecule has 0 aliphatic rings. The van der Waals surface area contributed by atoms with E-state index in [4.69, 9.17) is 14.9 Å². The molecule has 4 N–H and O–H groups in total. The average Bonchev–Trinajstić information content (AvgIpc) is 3.14. The molecule has 2 unspecified atom stereocenters. The maximum atomic E-state index is 12.5. The van der Waals surface area contributed by atoms with Crippen LogP contribution in [0.1, 0.15) is 155 Å². The number of carbonyl (C=O) groups excluding carboxylic acids is 3. The fourth-order valence-corrected chi connectivity index (χ4v) is 5.30. The lowest BCUT2D eigenvalue weighted by Crippen LogP contribution is -2.47. The number of unbranched alkanes of at least 4 members (excludes halogenated alkanes) is 11. The molecule has 300 valence electrons. The zero-order valence-corrected chi connectivity index (χ0v) is 33.0. The van der Waals surface area contributed by atoms with E-state index >= 15 is 0 Å². The van der Waals surface area contributed by atoms with Gasteiger partial charge in [0.2, 0.25) is 11.8 Å². The highest BCUT2D eigenvalue weighted by Crippen LogP contribution is 2.15. The summed E-state index contributed by atoms with van der Waals surface area (Å²) in [6.07, 6.45) is 47.1. The summed E-state index contributed by atoms with van der Waals surface area (Å²) in [4.78, 5) is 47.2. The lowest BCUT2D eigenvalue weighted by molar-refractivity contribution is -0.147. The van der Waals surface area contributed by atoms with Gasteiger partial charge in [-0.25, -0.2) is 4.79 Å². The Kier molecular flexibility index (Phi) is 35.3. The third-order valence-corrected chi connectivity index (χ3v) is 8.40. The first-order valence-corrected chi connectivity index (χ1v) is 20.3. The monoisotopic (exact) mass is 741 g/mol. The smallest absolute Gasteiger partial charge is 0.328 e. The molecule has 0 aromatic heterocycles. The fourth-order valence-electron chi connectivity index (χ4n) is 5.30. The molecule has 0 bridgehead atoms. The molecule has 0 radical (unpaired) electrons. The van der Waals surface area contributed by atoms with Crippen LogP contribution in [0.2, 0.25) is 0 Å². The summed E-state index contributed by atoms with van der Waals surface area (Å²) >= 11 is 0. The number of nitrogens with one attached hydrogen (secondary N) is 2. The minimum absolute atomic E-state index is 0.136. The predicted octanol–water partition coefficient (Wildman–Crippen LogP) is 9.54. The first-order chi connectivity index (χ1) is 25.8. The van der Waals surface area contributed by atoms with Gasteiger partial charge in [0.1, 0.15) is 12.1 Å². The molecular weight excluding hydrogens is 668 g/mol. The van der Waals surface area contributed by atoms with E-state index in [9.17, 15) is 19.2 Å². The van der Waals surface area contributed by atoms with Crippen LogP contribution in [-0.2, 0) is 23.9 Å². The third-order valence-electron chi connectivity index (χ3n) is 8.40. The summed E-state index contributed by atoms with van der Waals surface area (Å²) in [5, 5.41) is 22.4. The Labute approximate surface area is 321 Å². The number of aliphatic hydroxyl groups excluding tert-OH is 1. The summed E-state index contributed by atoms with van der Waals surface area (Å²) in [7, 11) is 0. The third kappa shape index (κ3) is 35.1. The van der Waals surface area contributed by atoms with Crippen LogP contribution in [0, 0.1) is 0 Å². The van der Waals surface area contributed by atoms with Gasteiger partial charge in [-0.05, 0) is 83.1 Å². The molecule has 2 amide bonds. The number of aliphatic hydroxyl groups is 1. The number of amides is 2. The molecule has 9 heteroatoms. The Morgan fingerprint density at radius 2 is 1.13 bits per heavy atom. The second-order valence-electron chi connectivity index (χ2n) is 13.3. The molecule has 0 heterocycles. The molecule has 0 saturated heterocycles. The summed E-state index contributed by atoms with van der Waals surface area (Å²) in [5.74, 6) is -2.44. The van der Waals surface area contributed by atoms with E-state index in [2.05, 4.69) is 91.3 Å². The highest BCUT2D eigenvalue weighted by atomic mass is 16.5. The Morgan fingerprint density at radius 3 is 1.70 bits per heavy atom. The van der Waals surface area contributed by atoms with Crippen LogP contribution in [-0.4, -0.2) is 59.3 Å². The van der Waals surface area contributed by atoms with Gasteiger partial charge in [0.05, 0.1) is 13.2 Å². The summed E-state index contributed by atoms with van der Waals surface area (Å²) in [6.45, 7) is 3.20. The van der Waals surface area contributed by atoms with Crippen LogP contribution < -0.4 is 10.6 Å². The molecule has 0 rings (SSSR count). The van der Waals surface area contributed by atoms with Gasteiger partial charge < -0.3 is 25.6 Å². The van der Waals surface area contributed by atoms with Crippen LogP contribution >= 0.6 is 0 Å². The van der Waals surface area contributed by atoms with E-state index < -0.39 is 24.5 Å². The van der Waals surface area contributed by atoms with Crippen molar-refractivity contribution in [3.8, 4) is 0 Å². The topological polar surface area (TPSA) is 142 Å². The molecule has 0 saturated carbocycles. The van der Waals surface area contributed by atoms with Crippen molar-refractivity contribution in [1.82, 2.24) is 10.6 Å². The SMILES string of the molecule is CC/C=C\C/C=C\C/C=C\C/C=C\C/C=C\CCCCCCCCCC(=O)OC(/C=C\CCC)CCCCCCC(=O)NCC(=O)NC(CO)C(=O)O. The number of ether oxygens (including phenoxy) is 1. The van der Waals surface area contributed by atoms with Gasteiger partial charge in [-0.1, -0.05) is 132 Å². The number of aliphatic carboxylic acids is 1. The summed E-state index contributed by atoms with van der Waals surface area (Å²) < 4.78 is 5.80. The van der Waals surface area contributed by atoms with E-state index in [0.717, 1.165) is 96.3 Å². The molecule has 2 atom stereocenters. The van der Waals surface area contributed by atoms with Crippen molar-refractivity contribution in [1.29, 1.82) is 0 Å². The van der Waals surface area contributed by atoms with Crippen molar-refractivity contribution in [3.63, 3.8) is 0 Å². The molecule has 0 aliphatic heterocycles. The van der Waals surface area contributed by atoms with Crippen LogP contribution in [0.4, 0.5) is 0 Å². The van der Waals surface area contributed by atoms with E-state index in [1.807, 2.05) is 6.08 Å². The minimum Gasteiger partial charge on any atom is -0.480 e. The molecule has 0 fully saturated rings. The predicted molar refractivity (Wildman–Crippen MR) is 217 cm³/mol. The lowest BCUT2D eigenvalue weighted by Gasteiger charge is -2.15. The van der Waals surface area contributed by atoms with Gasteiger partial charge in [-0.15, -0.1) is 0 Å². The maximum absolute atomic E-state index is 12.5. The number of allylic oxidation sites excluding steroid dienone is 11. The first kappa shape index (κ1) is 49.3. The Morgan fingerprint density at radius 1 is 0.604 bits per heavy atom. The lowest BCUT2D eigenvalue weighted by atomic mass is 10.1. The number of carbonyl (C=O) groups is 4. The van der Waals surface area contributed by atoms with Crippen LogP contribution in [0.5, 0.6) is 0 Å². The Balaban J connectivity index is 3.94. The molecule has 53 heavy (non-hydrogen) atoms. The molecule has 0 aromatic rings. The highest BCUT2D eigenvalue weighted by molar-refractivity contribution is 5.87. The van der Waals surface area contributed by atoms with Crippen LogP contribution in [0.25, 0.3) is 0 Å². The number of hydrogen-bond acceptors (Lipinski definition) is 6. The second-order valence-corrected chi connectivity index (χ2v) is 13.3. The van der Waals surface area contributed by atoms with Gasteiger partial charge in [-0.2, -0.15) is 0 Å². The molecule has 0 aliphatic carbocycles. The number of hydrogen-bond donors (Lipinski definition) is 4. The van der Waals surface area contributed by atoms with Crippen LogP contribution in [0.15, 0.2) is 72.9 Å². The van der Waals surface area contributed by atoms with Gasteiger partial charge >= 0.3 is 11.9 Å². The zero-order valence-electron chi connectivity index (χ0n) is 33.0. The van der Waals surface area contributed by atoms with E-state index in [1.54, 1.807) is 0 Å². The number of carboxylic acid groups (broad SMARTS) is 1. The highest BCUT2D eigenvalue weighted by Gasteiger charge is 2.18. The standard InChI is InChI=1S/C44H72N2O7/c1-3-5-7-8-9-10-11-12-13-14-15-16-17-18-19-20-21-22-23-24-25-26-32-36-43(50)53-39(33-29-6-4-2)34-30-27-28-31-35-41(48)45-37-42(49)46-40(38-47)44(51)52/h5,7,9-10,12-13,15-16,18-19,29,33,39-40,47H,3-4,6,8,11,14,17,20-28,30-32,34-38H2,1-2H3,(H,45,48)(H,46,49)(H,51,52)/b7-5-,10-9-,13-12-,16-15-,19-18-,33-29-. The second kappa shape index (κ2) is 38.0. The number of rotatable bonds is 35. The van der Waals surface area contributed by atoms with E-state index in [1.165, 1.54) is 25.7 Å².